The Hall–Kier alpha value is -1.71. The van der Waals surface area contributed by atoms with E-state index >= 15 is 0 Å². The van der Waals surface area contributed by atoms with Crippen molar-refractivity contribution in [3.63, 3.8) is 0 Å². The van der Waals surface area contributed by atoms with E-state index in [9.17, 15) is 4.79 Å². The van der Waals surface area contributed by atoms with E-state index in [0.717, 1.165) is 5.69 Å². The molecule has 0 bridgehead atoms. The molecule has 1 aromatic carbocycles. The minimum absolute atomic E-state index is 0. The summed E-state index contributed by atoms with van der Waals surface area (Å²) in [5, 5.41) is 6.25. The fourth-order valence-corrected chi connectivity index (χ4v) is 1.85. The van der Waals surface area contributed by atoms with Gasteiger partial charge in [0.05, 0.1) is 13.7 Å². The summed E-state index contributed by atoms with van der Waals surface area (Å²) in [7, 11) is 6.75. The number of benzene rings is 1. The number of amides is 1. The predicted molar refractivity (Wildman–Crippen MR) is 108 cm³/mol. The smallest absolute Gasteiger partial charge is 0.223 e. The summed E-state index contributed by atoms with van der Waals surface area (Å²) in [5.74, 6) is 1.99. The number of rotatable bonds is 7. The van der Waals surface area contributed by atoms with Gasteiger partial charge in [0.25, 0.3) is 0 Å². The van der Waals surface area contributed by atoms with Gasteiger partial charge in [0, 0.05) is 45.9 Å². The fraction of sp³-hybridized carbons (Fsp3) is 0.500. The van der Waals surface area contributed by atoms with Crippen molar-refractivity contribution in [3.8, 4) is 11.5 Å². The Morgan fingerprint density at radius 3 is 2.54 bits per heavy atom. The summed E-state index contributed by atoms with van der Waals surface area (Å²) in [6, 6.07) is 5.56. The monoisotopic (exact) mass is 450 g/mol. The minimum atomic E-state index is 0. The maximum Gasteiger partial charge on any atom is 0.223 e. The van der Waals surface area contributed by atoms with Gasteiger partial charge < -0.3 is 25.0 Å². The van der Waals surface area contributed by atoms with Crippen LogP contribution in [0.1, 0.15) is 13.3 Å². The van der Waals surface area contributed by atoms with Crippen LogP contribution in [0.2, 0.25) is 0 Å². The highest BCUT2D eigenvalue weighted by molar-refractivity contribution is 14.0. The molecule has 0 aromatic heterocycles. The number of guanidine groups is 1. The normalized spacial score (nSPS) is 10.5. The average molecular weight is 450 g/mol. The van der Waals surface area contributed by atoms with Crippen LogP contribution in [0.4, 0.5) is 5.69 Å². The van der Waals surface area contributed by atoms with Gasteiger partial charge in [-0.1, -0.05) is 0 Å². The Labute approximate surface area is 160 Å². The highest BCUT2D eigenvalue weighted by Crippen LogP contribution is 2.30. The first kappa shape index (κ1) is 22.3. The molecule has 0 aliphatic heterocycles. The molecule has 0 saturated carbocycles. The Balaban J connectivity index is 0.00000529. The zero-order valence-electron chi connectivity index (χ0n) is 14.9. The van der Waals surface area contributed by atoms with Crippen LogP contribution in [-0.4, -0.2) is 58.2 Å². The molecule has 1 aromatic rings. The lowest BCUT2D eigenvalue weighted by molar-refractivity contribution is -0.128. The van der Waals surface area contributed by atoms with Crippen LogP contribution < -0.4 is 20.1 Å². The van der Waals surface area contributed by atoms with Crippen molar-refractivity contribution in [1.29, 1.82) is 0 Å². The number of ether oxygens (including phenoxy) is 2. The number of hydrogen-bond acceptors (Lipinski definition) is 4. The molecule has 8 heteroatoms. The third kappa shape index (κ3) is 7.24. The number of nitrogens with one attached hydrogen (secondary N) is 2. The van der Waals surface area contributed by atoms with Crippen molar-refractivity contribution in [3.05, 3.63) is 18.2 Å². The second kappa shape index (κ2) is 11.8. The van der Waals surface area contributed by atoms with E-state index in [-0.39, 0.29) is 29.9 Å². The minimum Gasteiger partial charge on any atom is -0.493 e. The van der Waals surface area contributed by atoms with Crippen molar-refractivity contribution in [1.82, 2.24) is 10.2 Å². The highest BCUT2D eigenvalue weighted by atomic mass is 127. The molecular weight excluding hydrogens is 423 g/mol. The highest BCUT2D eigenvalue weighted by Gasteiger charge is 2.08. The largest absolute Gasteiger partial charge is 0.493 e. The van der Waals surface area contributed by atoms with Crippen molar-refractivity contribution in [2.24, 2.45) is 4.99 Å². The second-order valence-corrected chi connectivity index (χ2v) is 4.96. The van der Waals surface area contributed by atoms with Crippen LogP contribution >= 0.6 is 24.0 Å². The number of anilines is 1. The Morgan fingerprint density at radius 1 is 1.29 bits per heavy atom. The number of methoxy groups -OCH3 is 1. The Bertz CT molecular complexity index is 550. The Morgan fingerprint density at radius 2 is 2.00 bits per heavy atom. The van der Waals surface area contributed by atoms with E-state index in [1.807, 2.05) is 25.1 Å². The first-order chi connectivity index (χ1) is 11.0. The lowest BCUT2D eigenvalue weighted by Gasteiger charge is -2.15. The van der Waals surface area contributed by atoms with Gasteiger partial charge in [-0.25, -0.2) is 0 Å². The summed E-state index contributed by atoms with van der Waals surface area (Å²) >= 11 is 0. The average Bonchev–Trinajstić information content (AvgIpc) is 2.54. The molecule has 0 spiro atoms. The van der Waals surface area contributed by atoms with E-state index in [1.165, 1.54) is 0 Å². The maximum absolute atomic E-state index is 11.5. The van der Waals surface area contributed by atoms with Gasteiger partial charge in [-0.2, -0.15) is 0 Å². The molecule has 0 aliphatic carbocycles. The van der Waals surface area contributed by atoms with E-state index in [4.69, 9.17) is 9.47 Å². The van der Waals surface area contributed by atoms with Crippen LogP contribution in [-0.2, 0) is 4.79 Å². The van der Waals surface area contributed by atoms with E-state index in [2.05, 4.69) is 15.6 Å². The molecule has 2 N–H and O–H groups in total. The number of carbonyl (C=O) groups excluding carboxylic acids is 1. The lowest BCUT2D eigenvalue weighted by Crippen LogP contribution is -2.34. The van der Waals surface area contributed by atoms with Crippen molar-refractivity contribution in [2.45, 2.75) is 13.3 Å². The zero-order chi connectivity index (χ0) is 17.2. The summed E-state index contributed by atoms with van der Waals surface area (Å²) in [5.41, 5.74) is 0.817. The van der Waals surface area contributed by atoms with E-state index in [1.54, 1.807) is 33.2 Å². The van der Waals surface area contributed by atoms with Gasteiger partial charge in [-0.05, 0) is 19.1 Å². The van der Waals surface area contributed by atoms with Gasteiger partial charge in [0.2, 0.25) is 5.91 Å². The molecule has 0 atom stereocenters. The molecule has 7 nitrogen and oxygen atoms in total. The van der Waals surface area contributed by atoms with Crippen molar-refractivity contribution in [2.75, 3.05) is 46.7 Å². The molecule has 0 saturated heterocycles. The van der Waals surface area contributed by atoms with Gasteiger partial charge in [0.15, 0.2) is 17.5 Å². The maximum atomic E-state index is 11.5. The molecule has 0 unspecified atom stereocenters. The zero-order valence-corrected chi connectivity index (χ0v) is 17.2. The van der Waals surface area contributed by atoms with Crippen molar-refractivity contribution >= 4 is 41.5 Å². The van der Waals surface area contributed by atoms with E-state index < -0.39 is 0 Å². The fourth-order valence-electron chi connectivity index (χ4n) is 1.85. The summed E-state index contributed by atoms with van der Waals surface area (Å²) in [6.45, 7) is 3.00. The molecule has 0 fully saturated rings. The van der Waals surface area contributed by atoms with Gasteiger partial charge in [-0.15, -0.1) is 24.0 Å². The van der Waals surface area contributed by atoms with Crippen LogP contribution in [0.3, 0.4) is 0 Å². The number of halogens is 1. The van der Waals surface area contributed by atoms with Crippen molar-refractivity contribution < 1.29 is 14.3 Å². The number of carbonyl (C=O) groups is 1. The molecule has 0 heterocycles. The molecule has 0 aliphatic rings. The summed E-state index contributed by atoms with van der Waals surface area (Å²) in [4.78, 5) is 17.3. The van der Waals surface area contributed by atoms with Crippen LogP contribution in [0.5, 0.6) is 11.5 Å². The van der Waals surface area contributed by atoms with E-state index in [0.29, 0.717) is 37.0 Å². The van der Waals surface area contributed by atoms with Crippen LogP contribution in [0.25, 0.3) is 0 Å². The molecule has 0 radical (unpaired) electrons. The van der Waals surface area contributed by atoms with Gasteiger partial charge in [-0.3, -0.25) is 9.79 Å². The van der Waals surface area contributed by atoms with Crippen LogP contribution in [0.15, 0.2) is 23.2 Å². The molecule has 1 amide bonds. The molecular formula is C16H27IN4O3. The molecule has 24 heavy (non-hydrogen) atoms. The molecule has 136 valence electrons. The predicted octanol–water partition coefficient (Wildman–Crippen LogP) is 2.18. The number of nitrogens with zero attached hydrogens (tertiary/aromatic N) is 2. The second-order valence-electron chi connectivity index (χ2n) is 4.96. The first-order valence-corrected chi connectivity index (χ1v) is 7.50. The van der Waals surface area contributed by atoms with Gasteiger partial charge in [0.1, 0.15) is 0 Å². The summed E-state index contributed by atoms with van der Waals surface area (Å²) in [6.07, 6.45) is 0.403. The first-order valence-electron chi connectivity index (χ1n) is 7.50. The quantitative estimate of drug-likeness (QED) is 0.379. The summed E-state index contributed by atoms with van der Waals surface area (Å²) < 4.78 is 10.8. The SMILES string of the molecule is CCOc1ccc(NC(=NC)NCCC(=O)N(C)C)cc1OC.I. The van der Waals surface area contributed by atoms with Gasteiger partial charge >= 0.3 is 0 Å². The van der Waals surface area contributed by atoms with Crippen LogP contribution in [0, 0.1) is 0 Å². The molecule has 1 rings (SSSR count). The topological polar surface area (TPSA) is 75.2 Å². The number of aliphatic imine (C=N–C) groups is 1. The standard InChI is InChI=1S/C16H26N4O3.HI/c1-6-23-13-8-7-12(11-14(13)22-5)19-16(17-2)18-10-9-15(21)20(3)4;/h7-8,11H,6,9-10H2,1-5H3,(H2,17,18,19);1H. The number of hydrogen-bond donors (Lipinski definition) is 2. The Kier molecular flexibility index (Phi) is 10.9. The third-order valence-corrected chi connectivity index (χ3v) is 3.08. The lowest BCUT2D eigenvalue weighted by atomic mass is 10.2. The third-order valence-electron chi connectivity index (χ3n) is 3.08.